The van der Waals surface area contributed by atoms with Gasteiger partial charge >= 0.3 is 5.92 Å². The van der Waals surface area contributed by atoms with E-state index in [0.29, 0.717) is 12.1 Å². The van der Waals surface area contributed by atoms with Gasteiger partial charge in [-0.2, -0.15) is 14.0 Å². The van der Waals surface area contributed by atoms with Gasteiger partial charge in [-0.1, -0.05) is 12.1 Å². The highest BCUT2D eigenvalue weighted by Gasteiger charge is 2.58. The van der Waals surface area contributed by atoms with Crippen LogP contribution in [0.25, 0.3) is 0 Å². The van der Waals surface area contributed by atoms with Crippen molar-refractivity contribution in [3.8, 4) is 11.8 Å². The summed E-state index contributed by atoms with van der Waals surface area (Å²) in [4.78, 5) is 3.65. The molecular weight excluding hydrogens is 487 g/mol. The van der Waals surface area contributed by atoms with Crippen LogP contribution in [-0.4, -0.2) is 30.3 Å². The predicted octanol–water partition coefficient (Wildman–Crippen LogP) is 3.62. The third-order valence-electron chi connectivity index (χ3n) is 5.33. The van der Waals surface area contributed by atoms with E-state index >= 15 is 8.78 Å². The largest absolute Gasteiger partial charge is 0.487 e. The van der Waals surface area contributed by atoms with Crippen molar-refractivity contribution < 1.29 is 31.8 Å². The second kappa shape index (κ2) is 9.67. The average molecular weight is 502 g/mol. The van der Waals surface area contributed by atoms with E-state index in [1.807, 2.05) is 0 Å². The van der Waals surface area contributed by atoms with Crippen molar-refractivity contribution in [3.63, 3.8) is 0 Å². The van der Waals surface area contributed by atoms with E-state index in [1.165, 1.54) is 18.2 Å². The summed E-state index contributed by atoms with van der Waals surface area (Å²) >= 11 is 0. The number of aromatic nitrogens is 5. The van der Waals surface area contributed by atoms with E-state index in [4.69, 9.17) is 10.00 Å². The highest BCUT2D eigenvalue weighted by molar-refractivity contribution is 5.35. The molecule has 0 radical (unpaired) electrons. The van der Waals surface area contributed by atoms with Crippen LogP contribution in [0.15, 0.2) is 61.1 Å². The zero-order chi connectivity index (χ0) is 25.9. The first-order valence-electron chi connectivity index (χ1n) is 10.2. The van der Waals surface area contributed by atoms with Crippen LogP contribution in [0.5, 0.6) is 5.75 Å². The molecule has 0 spiro atoms. The fourth-order valence-corrected chi connectivity index (χ4v) is 3.47. The number of rotatable bonds is 8. The lowest BCUT2D eigenvalue weighted by atomic mass is 9.84. The second-order valence-electron chi connectivity index (χ2n) is 7.62. The number of tetrazole rings is 1. The van der Waals surface area contributed by atoms with E-state index in [0.717, 1.165) is 35.4 Å². The average Bonchev–Trinajstić information content (AvgIpc) is 3.36. The minimum Gasteiger partial charge on any atom is -0.487 e. The zero-order valence-corrected chi connectivity index (χ0v) is 18.1. The molecule has 0 saturated heterocycles. The zero-order valence-electron chi connectivity index (χ0n) is 18.1. The Morgan fingerprint density at radius 3 is 2.53 bits per heavy atom. The maximum absolute atomic E-state index is 15.7. The standard InChI is InChI=1S/C23H15F5N6O2/c24-16-4-6-18(19(25)8-16)22(35,12-34-13-31-32-33-34)23(27,28)20-7-5-17(10-30-20)36-11-15-3-1-2-14(9-29)21(15)26/h1-8,10,13,35H,11-12H2. The predicted molar refractivity (Wildman–Crippen MR) is 112 cm³/mol. The molecule has 4 rings (SSSR count). The van der Waals surface area contributed by atoms with Gasteiger partial charge in [-0.3, -0.25) is 4.98 Å². The number of nitrogens with zero attached hydrogens (tertiary/aromatic N) is 6. The fourth-order valence-electron chi connectivity index (χ4n) is 3.47. The van der Waals surface area contributed by atoms with Crippen molar-refractivity contribution in [2.75, 3.05) is 0 Å². The maximum atomic E-state index is 15.7. The molecule has 36 heavy (non-hydrogen) atoms. The Labute approximate surface area is 200 Å². The molecule has 0 saturated carbocycles. The molecule has 2 aromatic carbocycles. The van der Waals surface area contributed by atoms with Crippen LogP contribution < -0.4 is 4.74 Å². The van der Waals surface area contributed by atoms with Crippen molar-refractivity contribution >= 4 is 0 Å². The Kier molecular flexibility index (Phi) is 6.63. The summed E-state index contributed by atoms with van der Waals surface area (Å²) in [6.07, 6.45) is 1.85. The number of alkyl halides is 2. The van der Waals surface area contributed by atoms with E-state index in [2.05, 4.69) is 20.5 Å². The van der Waals surface area contributed by atoms with Gasteiger partial charge in [0.25, 0.3) is 0 Å². The van der Waals surface area contributed by atoms with Crippen molar-refractivity contribution in [3.05, 3.63) is 101 Å². The first kappa shape index (κ1) is 24.7. The van der Waals surface area contributed by atoms with Gasteiger partial charge < -0.3 is 9.84 Å². The van der Waals surface area contributed by atoms with Gasteiger partial charge in [-0.15, -0.1) is 5.10 Å². The van der Waals surface area contributed by atoms with Gasteiger partial charge in [0.15, 0.2) is 5.60 Å². The molecule has 0 aliphatic heterocycles. The smallest absolute Gasteiger partial charge is 0.323 e. The number of halogens is 5. The van der Waals surface area contributed by atoms with Gasteiger partial charge in [-0.05, 0) is 40.8 Å². The van der Waals surface area contributed by atoms with Crippen molar-refractivity contribution in [1.29, 1.82) is 5.26 Å². The summed E-state index contributed by atoms with van der Waals surface area (Å²) in [5.41, 5.74) is -5.27. The lowest BCUT2D eigenvalue weighted by Crippen LogP contribution is -2.48. The van der Waals surface area contributed by atoms with Crippen molar-refractivity contribution in [2.24, 2.45) is 0 Å². The summed E-state index contributed by atoms with van der Waals surface area (Å²) in [6.45, 7) is -1.31. The number of ether oxygens (including phenoxy) is 1. The molecule has 0 aliphatic rings. The van der Waals surface area contributed by atoms with Crippen LogP contribution in [0, 0.1) is 28.8 Å². The molecule has 0 aliphatic carbocycles. The SMILES string of the molecule is N#Cc1cccc(COc2ccc(C(F)(F)C(O)(Cn3cnnn3)c3ccc(F)cc3F)nc2)c1F. The Bertz CT molecular complexity index is 1410. The molecule has 2 heterocycles. The van der Waals surface area contributed by atoms with Crippen LogP contribution in [0.1, 0.15) is 22.4 Å². The van der Waals surface area contributed by atoms with Gasteiger partial charge in [0.05, 0.1) is 18.3 Å². The molecule has 8 nitrogen and oxygen atoms in total. The molecule has 184 valence electrons. The second-order valence-corrected chi connectivity index (χ2v) is 7.62. The molecular formula is C23H15F5N6O2. The molecule has 13 heteroatoms. The molecule has 2 aromatic heterocycles. The van der Waals surface area contributed by atoms with E-state index < -0.39 is 46.8 Å². The summed E-state index contributed by atoms with van der Waals surface area (Å²) in [6, 6.07) is 9.56. The van der Waals surface area contributed by atoms with E-state index in [1.54, 1.807) is 6.07 Å². The highest BCUT2D eigenvalue weighted by Crippen LogP contribution is 2.46. The number of pyridine rings is 1. The summed E-state index contributed by atoms with van der Waals surface area (Å²) in [5.74, 6) is -7.46. The number of aliphatic hydroxyl groups is 1. The molecule has 1 unspecified atom stereocenters. The Hall–Kier alpha value is -4.44. The molecule has 0 bridgehead atoms. The van der Waals surface area contributed by atoms with Gasteiger partial charge in [0.1, 0.15) is 47.9 Å². The van der Waals surface area contributed by atoms with Crippen LogP contribution in [0.3, 0.4) is 0 Å². The van der Waals surface area contributed by atoms with Gasteiger partial charge in [-0.25, -0.2) is 17.9 Å². The lowest BCUT2D eigenvalue weighted by Gasteiger charge is -2.35. The minimum atomic E-state index is -4.23. The molecule has 1 N–H and O–H groups in total. The van der Waals surface area contributed by atoms with Gasteiger partial charge in [0, 0.05) is 17.2 Å². The number of nitriles is 1. The number of hydrogen-bond donors (Lipinski definition) is 1. The molecule has 0 amide bonds. The third kappa shape index (κ3) is 4.58. The Morgan fingerprint density at radius 2 is 1.89 bits per heavy atom. The fraction of sp³-hybridized carbons (Fsp3) is 0.174. The molecule has 1 atom stereocenters. The summed E-state index contributed by atoms with van der Waals surface area (Å²) in [5, 5.41) is 30.1. The molecule has 4 aromatic rings. The normalized spacial score (nSPS) is 13.1. The first-order chi connectivity index (χ1) is 17.2. The topological polar surface area (TPSA) is 110 Å². The Morgan fingerprint density at radius 1 is 1.08 bits per heavy atom. The number of benzene rings is 2. The van der Waals surface area contributed by atoms with Crippen LogP contribution in [0.4, 0.5) is 22.0 Å². The van der Waals surface area contributed by atoms with Crippen LogP contribution in [0.2, 0.25) is 0 Å². The van der Waals surface area contributed by atoms with Crippen molar-refractivity contribution in [2.45, 2.75) is 24.7 Å². The quantitative estimate of drug-likeness (QED) is 0.367. The summed E-state index contributed by atoms with van der Waals surface area (Å²) in [7, 11) is 0. The highest BCUT2D eigenvalue weighted by atomic mass is 19.3. The first-order valence-corrected chi connectivity index (χ1v) is 10.2. The van der Waals surface area contributed by atoms with E-state index in [-0.39, 0.29) is 23.5 Å². The Balaban J connectivity index is 1.63. The maximum Gasteiger partial charge on any atom is 0.323 e. The van der Waals surface area contributed by atoms with E-state index in [9.17, 15) is 18.3 Å². The van der Waals surface area contributed by atoms with Crippen LogP contribution >= 0.6 is 0 Å². The van der Waals surface area contributed by atoms with Crippen molar-refractivity contribution in [1.82, 2.24) is 25.2 Å². The number of hydrogen-bond acceptors (Lipinski definition) is 7. The minimum absolute atomic E-state index is 0.0201. The summed E-state index contributed by atoms with van der Waals surface area (Å²) < 4.78 is 79.7. The molecule has 0 fully saturated rings. The van der Waals surface area contributed by atoms with Crippen LogP contribution in [-0.2, 0) is 24.7 Å². The van der Waals surface area contributed by atoms with Gasteiger partial charge in [0.2, 0.25) is 0 Å². The lowest BCUT2D eigenvalue weighted by molar-refractivity contribution is -0.207. The monoisotopic (exact) mass is 502 g/mol. The third-order valence-corrected chi connectivity index (χ3v) is 5.33.